The molecule has 1 aromatic carbocycles. The lowest BCUT2D eigenvalue weighted by Crippen LogP contribution is -2.09. The molecule has 0 radical (unpaired) electrons. The van der Waals surface area contributed by atoms with Crippen molar-refractivity contribution in [2.75, 3.05) is 26.1 Å². The molecule has 0 aliphatic heterocycles. The number of hydrogen-bond acceptors (Lipinski definition) is 6. The van der Waals surface area contributed by atoms with Crippen molar-refractivity contribution in [2.45, 2.75) is 13.5 Å². The second-order valence-corrected chi connectivity index (χ2v) is 3.88. The molecule has 102 valence electrons. The zero-order valence-corrected chi connectivity index (χ0v) is 11.0. The van der Waals surface area contributed by atoms with Gasteiger partial charge < -0.3 is 15.2 Å². The van der Waals surface area contributed by atoms with Crippen LogP contribution >= 0.6 is 0 Å². The predicted molar refractivity (Wildman–Crippen MR) is 70.7 cm³/mol. The summed E-state index contributed by atoms with van der Waals surface area (Å²) in [5.74, 6) is 1.30. The van der Waals surface area contributed by atoms with Crippen LogP contribution in [0.2, 0.25) is 0 Å². The third-order valence-electron chi connectivity index (χ3n) is 2.65. The summed E-state index contributed by atoms with van der Waals surface area (Å²) in [6, 6.07) is 5.37. The Bertz CT molecular complexity index is 541. The van der Waals surface area contributed by atoms with E-state index in [9.17, 15) is 0 Å². The Balaban J connectivity index is 2.31. The fourth-order valence-corrected chi connectivity index (χ4v) is 1.74. The molecule has 0 aliphatic carbocycles. The predicted octanol–water partition coefficient (Wildman–Crippen LogP) is 0.967. The van der Waals surface area contributed by atoms with Gasteiger partial charge >= 0.3 is 0 Å². The standard InChI is InChI=1S/C12H17N5O2/c1-3-19-7-6-17-12(14-15-16-17)10-8-9(13)4-5-11(10)18-2/h4-5,8H,3,6-7,13H2,1-2H3. The minimum atomic E-state index is 0.555. The largest absolute Gasteiger partial charge is 0.496 e. The maximum atomic E-state index is 5.80. The van der Waals surface area contributed by atoms with Gasteiger partial charge in [-0.25, -0.2) is 4.68 Å². The number of methoxy groups -OCH3 is 1. The lowest BCUT2D eigenvalue weighted by molar-refractivity contribution is 0.136. The molecular weight excluding hydrogens is 246 g/mol. The topological polar surface area (TPSA) is 88.1 Å². The number of nitrogen functional groups attached to an aromatic ring is 1. The highest BCUT2D eigenvalue weighted by Gasteiger charge is 2.14. The van der Waals surface area contributed by atoms with Gasteiger partial charge in [0.1, 0.15) is 5.75 Å². The average molecular weight is 263 g/mol. The molecule has 2 rings (SSSR count). The molecule has 2 N–H and O–H groups in total. The van der Waals surface area contributed by atoms with E-state index < -0.39 is 0 Å². The van der Waals surface area contributed by atoms with E-state index in [0.717, 1.165) is 5.56 Å². The van der Waals surface area contributed by atoms with Crippen molar-refractivity contribution < 1.29 is 9.47 Å². The van der Waals surface area contributed by atoms with Crippen LogP contribution in [0.1, 0.15) is 6.92 Å². The van der Waals surface area contributed by atoms with Crippen molar-refractivity contribution >= 4 is 5.69 Å². The van der Waals surface area contributed by atoms with Crippen LogP contribution in [0.5, 0.6) is 5.75 Å². The molecule has 0 amide bonds. The molecule has 2 aromatic rings. The molecule has 0 aliphatic rings. The molecule has 0 atom stereocenters. The Morgan fingerprint density at radius 1 is 1.37 bits per heavy atom. The van der Waals surface area contributed by atoms with Gasteiger partial charge in [0.25, 0.3) is 0 Å². The summed E-state index contributed by atoms with van der Waals surface area (Å²) >= 11 is 0. The Kier molecular flexibility index (Phi) is 4.30. The third kappa shape index (κ3) is 3.00. The molecule has 7 nitrogen and oxygen atoms in total. The molecular formula is C12H17N5O2. The second-order valence-electron chi connectivity index (χ2n) is 3.88. The first-order valence-electron chi connectivity index (χ1n) is 6.04. The van der Waals surface area contributed by atoms with E-state index in [4.69, 9.17) is 15.2 Å². The number of hydrogen-bond donors (Lipinski definition) is 1. The summed E-state index contributed by atoms with van der Waals surface area (Å²) in [6.45, 7) is 3.74. The molecule has 0 saturated heterocycles. The fourth-order valence-electron chi connectivity index (χ4n) is 1.74. The molecule has 0 saturated carbocycles. The first kappa shape index (κ1) is 13.3. The van der Waals surface area contributed by atoms with Gasteiger partial charge in [0.2, 0.25) is 0 Å². The number of aromatic nitrogens is 4. The van der Waals surface area contributed by atoms with E-state index in [1.54, 1.807) is 30.0 Å². The molecule has 7 heteroatoms. The van der Waals surface area contributed by atoms with Gasteiger partial charge in [-0.3, -0.25) is 0 Å². The van der Waals surface area contributed by atoms with E-state index in [1.807, 2.05) is 6.92 Å². The summed E-state index contributed by atoms with van der Waals surface area (Å²) in [4.78, 5) is 0. The van der Waals surface area contributed by atoms with Crippen LogP contribution in [0, 0.1) is 0 Å². The van der Waals surface area contributed by atoms with E-state index in [-0.39, 0.29) is 0 Å². The van der Waals surface area contributed by atoms with Crippen LogP contribution in [0.15, 0.2) is 18.2 Å². The van der Waals surface area contributed by atoms with Gasteiger partial charge in [-0.05, 0) is 35.5 Å². The quantitative estimate of drug-likeness (QED) is 0.617. The second kappa shape index (κ2) is 6.14. The number of benzene rings is 1. The molecule has 0 spiro atoms. The van der Waals surface area contributed by atoms with Crippen molar-refractivity contribution in [1.29, 1.82) is 0 Å². The highest BCUT2D eigenvalue weighted by atomic mass is 16.5. The van der Waals surface area contributed by atoms with Gasteiger partial charge in [-0.2, -0.15) is 0 Å². The minimum absolute atomic E-state index is 0.555. The summed E-state index contributed by atoms with van der Waals surface area (Å²) in [5.41, 5.74) is 7.20. The number of ether oxygens (including phenoxy) is 2. The van der Waals surface area contributed by atoms with Crippen molar-refractivity contribution in [3.05, 3.63) is 18.2 Å². The lowest BCUT2D eigenvalue weighted by atomic mass is 10.1. The number of tetrazole rings is 1. The third-order valence-corrected chi connectivity index (χ3v) is 2.65. The molecule has 1 heterocycles. The van der Waals surface area contributed by atoms with Gasteiger partial charge in [-0.1, -0.05) is 0 Å². The van der Waals surface area contributed by atoms with Crippen molar-refractivity contribution in [2.24, 2.45) is 0 Å². The Hall–Kier alpha value is -2.15. The van der Waals surface area contributed by atoms with E-state index in [0.29, 0.717) is 37.0 Å². The summed E-state index contributed by atoms with van der Waals surface area (Å²) in [7, 11) is 1.60. The van der Waals surface area contributed by atoms with Crippen molar-refractivity contribution in [3.63, 3.8) is 0 Å². The Morgan fingerprint density at radius 2 is 2.21 bits per heavy atom. The SMILES string of the molecule is CCOCCn1nnnc1-c1cc(N)ccc1OC. The van der Waals surface area contributed by atoms with E-state index in [2.05, 4.69) is 15.5 Å². The van der Waals surface area contributed by atoms with Crippen LogP contribution in [-0.4, -0.2) is 40.5 Å². The Morgan fingerprint density at radius 3 is 2.95 bits per heavy atom. The molecule has 0 unspecified atom stereocenters. The van der Waals surface area contributed by atoms with Crippen LogP contribution < -0.4 is 10.5 Å². The van der Waals surface area contributed by atoms with Gasteiger partial charge in [0.05, 0.1) is 25.8 Å². The zero-order chi connectivity index (χ0) is 13.7. The highest BCUT2D eigenvalue weighted by Crippen LogP contribution is 2.29. The lowest BCUT2D eigenvalue weighted by Gasteiger charge is -2.09. The number of rotatable bonds is 6. The number of nitrogens with two attached hydrogens (primary N) is 1. The van der Waals surface area contributed by atoms with E-state index >= 15 is 0 Å². The first-order chi connectivity index (χ1) is 9.26. The smallest absolute Gasteiger partial charge is 0.185 e. The van der Waals surface area contributed by atoms with Crippen molar-refractivity contribution in [1.82, 2.24) is 20.2 Å². The maximum Gasteiger partial charge on any atom is 0.185 e. The Labute approximate surface area is 111 Å². The van der Waals surface area contributed by atoms with Crippen LogP contribution in [0.3, 0.4) is 0 Å². The molecule has 19 heavy (non-hydrogen) atoms. The van der Waals surface area contributed by atoms with Gasteiger partial charge in [0.15, 0.2) is 5.82 Å². The first-order valence-corrected chi connectivity index (χ1v) is 6.04. The van der Waals surface area contributed by atoms with Crippen LogP contribution in [0.25, 0.3) is 11.4 Å². The average Bonchev–Trinajstić information content (AvgIpc) is 2.87. The number of nitrogens with zero attached hydrogens (tertiary/aromatic N) is 4. The summed E-state index contributed by atoms with van der Waals surface area (Å²) in [5, 5.41) is 11.7. The molecule has 0 fully saturated rings. The summed E-state index contributed by atoms with van der Waals surface area (Å²) < 4.78 is 12.3. The summed E-state index contributed by atoms with van der Waals surface area (Å²) in [6.07, 6.45) is 0. The normalized spacial score (nSPS) is 10.6. The fraction of sp³-hybridized carbons (Fsp3) is 0.417. The highest BCUT2D eigenvalue weighted by molar-refractivity contribution is 5.68. The van der Waals surface area contributed by atoms with Gasteiger partial charge in [-0.15, -0.1) is 5.10 Å². The number of anilines is 1. The molecule has 1 aromatic heterocycles. The maximum absolute atomic E-state index is 5.80. The van der Waals surface area contributed by atoms with Gasteiger partial charge in [0, 0.05) is 12.3 Å². The minimum Gasteiger partial charge on any atom is -0.496 e. The monoisotopic (exact) mass is 263 g/mol. The van der Waals surface area contributed by atoms with E-state index in [1.165, 1.54) is 0 Å². The van der Waals surface area contributed by atoms with Crippen LogP contribution in [-0.2, 0) is 11.3 Å². The molecule has 0 bridgehead atoms. The van der Waals surface area contributed by atoms with Crippen LogP contribution in [0.4, 0.5) is 5.69 Å². The van der Waals surface area contributed by atoms with Crippen molar-refractivity contribution in [3.8, 4) is 17.1 Å². The zero-order valence-electron chi connectivity index (χ0n) is 11.0.